The molecule has 1 aromatic heterocycles. The molecule has 2 heteroatoms. The van der Waals surface area contributed by atoms with Crippen molar-refractivity contribution in [1.29, 1.82) is 0 Å². The Bertz CT molecular complexity index is 519. The molecule has 0 aliphatic rings. The molecule has 0 spiro atoms. The van der Waals surface area contributed by atoms with Crippen LogP contribution in [0.3, 0.4) is 0 Å². The van der Waals surface area contributed by atoms with Gasteiger partial charge in [0.25, 0.3) is 0 Å². The summed E-state index contributed by atoms with van der Waals surface area (Å²) in [7, 11) is 0. The van der Waals surface area contributed by atoms with Gasteiger partial charge in [0.05, 0.1) is 5.02 Å². The predicted octanol–water partition coefficient (Wildman–Crippen LogP) is 5.58. The number of halogens is 1. The summed E-state index contributed by atoms with van der Waals surface area (Å²) in [5, 5.41) is 2.06. The first-order valence-corrected chi connectivity index (χ1v) is 7.10. The number of unbranched alkanes of at least 4 members (excludes halogenated alkanes) is 1. The fraction of sp³-hybridized carbons (Fsp3) is 0.500. The smallest absolute Gasteiger partial charge is 0.0502 e. The number of fused-ring (bicyclic) bond motifs is 1. The highest BCUT2D eigenvalue weighted by Crippen LogP contribution is 2.28. The zero-order valence-electron chi connectivity index (χ0n) is 11.5. The van der Waals surface area contributed by atoms with Crippen molar-refractivity contribution in [3.05, 3.63) is 35.0 Å². The molecule has 0 amide bonds. The Balaban J connectivity index is 2.00. The average molecular weight is 264 g/mol. The van der Waals surface area contributed by atoms with Crippen LogP contribution in [-0.2, 0) is 6.42 Å². The molecular formula is C16H22ClN. The molecule has 1 nitrogen and oxygen atoms in total. The first kappa shape index (κ1) is 13.5. The lowest BCUT2D eigenvalue weighted by molar-refractivity contribution is 0.360. The monoisotopic (exact) mass is 263 g/mol. The summed E-state index contributed by atoms with van der Waals surface area (Å²) < 4.78 is 0. The topological polar surface area (TPSA) is 15.8 Å². The van der Waals surface area contributed by atoms with Crippen LogP contribution >= 0.6 is 11.6 Å². The largest absolute Gasteiger partial charge is 0.361 e. The van der Waals surface area contributed by atoms with E-state index in [1.165, 1.54) is 30.2 Å². The molecule has 0 aliphatic carbocycles. The van der Waals surface area contributed by atoms with Gasteiger partial charge in [0.1, 0.15) is 0 Å². The van der Waals surface area contributed by atoms with Crippen molar-refractivity contribution in [2.45, 2.75) is 46.5 Å². The zero-order valence-corrected chi connectivity index (χ0v) is 12.3. The van der Waals surface area contributed by atoms with E-state index in [9.17, 15) is 0 Å². The number of rotatable bonds is 4. The third-order valence-corrected chi connectivity index (χ3v) is 3.67. The molecule has 0 saturated carbocycles. The van der Waals surface area contributed by atoms with E-state index >= 15 is 0 Å². The molecule has 0 fully saturated rings. The molecule has 1 aromatic carbocycles. The Hall–Kier alpha value is -0.950. The Morgan fingerprint density at radius 2 is 1.94 bits per heavy atom. The Morgan fingerprint density at radius 1 is 1.17 bits per heavy atom. The maximum atomic E-state index is 6.27. The van der Waals surface area contributed by atoms with Crippen LogP contribution in [0.5, 0.6) is 0 Å². The van der Waals surface area contributed by atoms with Crippen LogP contribution < -0.4 is 0 Å². The lowest BCUT2D eigenvalue weighted by Gasteiger charge is -2.17. The van der Waals surface area contributed by atoms with Gasteiger partial charge in [0.2, 0.25) is 0 Å². The third kappa shape index (κ3) is 3.29. The Kier molecular flexibility index (Phi) is 4.01. The number of aryl methyl sites for hydroxylation is 1. The molecule has 0 atom stereocenters. The van der Waals surface area contributed by atoms with Gasteiger partial charge in [-0.15, -0.1) is 0 Å². The normalized spacial score (nSPS) is 12.2. The van der Waals surface area contributed by atoms with Crippen LogP contribution in [0.25, 0.3) is 10.9 Å². The molecule has 0 aliphatic heterocycles. The van der Waals surface area contributed by atoms with Gasteiger partial charge in [-0.1, -0.05) is 44.9 Å². The third-order valence-electron chi connectivity index (χ3n) is 3.36. The van der Waals surface area contributed by atoms with Crippen molar-refractivity contribution in [3.63, 3.8) is 0 Å². The zero-order chi connectivity index (χ0) is 13.2. The lowest BCUT2D eigenvalue weighted by atomic mass is 9.89. The van der Waals surface area contributed by atoms with E-state index in [1.54, 1.807) is 0 Å². The molecule has 0 unspecified atom stereocenters. The van der Waals surface area contributed by atoms with Gasteiger partial charge in [-0.3, -0.25) is 0 Å². The first-order valence-electron chi connectivity index (χ1n) is 6.72. The van der Waals surface area contributed by atoms with Gasteiger partial charge in [0.15, 0.2) is 0 Å². The summed E-state index contributed by atoms with van der Waals surface area (Å²) in [4.78, 5) is 3.30. The Labute approximate surface area is 115 Å². The lowest BCUT2D eigenvalue weighted by Crippen LogP contribution is -2.04. The quantitative estimate of drug-likeness (QED) is 0.693. The van der Waals surface area contributed by atoms with Crippen molar-refractivity contribution in [1.82, 2.24) is 4.98 Å². The van der Waals surface area contributed by atoms with Gasteiger partial charge in [-0.2, -0.15) is 0 Å². The van der Waals surface area contributed by atoms with Gasteiger partial charge >= 0.3 is 0 Å². The van der Waals surface area contributed by atoms with E-state index in [4.69, 9.17) is 11.6 Å². The summed E-state index contributed by atoms with van der Waals surface area (Å²) in [6.45, 7) is 6.90. The van der Waals surface area contributed by atoms with Crippen LogP contribution in [0.1, 0.15) is 45.6 Å². The molecule has 98 valence electrons. The molecular weight excluding hydrogens is 242 g/mol. The molecule has 1 heterocycles. The average Bonchev–Trinajstić information content (AvgIpc) is 2.68. The molecule has 1 N–H and O–H groups in total. The van der Waals surface area contributed by atoms with Gasteiger partial charge < -0.3 is 4.98 Å². The highest BCUT2D eigenvalue weighted by atomic mass is 35.5. The van der Waals surface area contributed by atoms with Gasteiger partial charge in [-0.05, 0) is 42.4 Å². The van der Waals surface area contributed by atoms with Gasteiger partial charge in [-0.25, -0.2) is 0 Å². The molecule has 18 heavy (non-hydrogen) atoms. The van der Waals surface area contributed by atoms with E-state index in [0.717, 1.165) is 17.0 Å². The number of nitrogens with one attached hydrogen (secondary N) is 1. The van der Waals surface area contributed by atoms with E-state index < -0.39 is 0 Å². The van der Waals surface area contributed by atoms with Crippen LogP contribution in [0.15, 0.2) is 24.4 Å². The maximum Gasteiger partial charge on any atom is 0.0502 e. The van der Waals surface area contributed by atoms with E-state index in [1.807, 2.05) is 12.1 Å². The SMILES string of the molecule is CC(C)(C)CCCCc1c[nH]c2cccc(Cl)c12. The number of hydrogen-bond acceptors (Lipinski definition) is 0. The summed E-state index contributed by atoms with van der Waals surface area (Å²) in [5.41, 5.74) is 2.94. The first-order chi connectivity index (χ1) is 8.47. The minimum absolute atomic E-state index is 0.442. The van der Waals surface area contributed by atoms with Crippen LogP contribution in [0.2, 0.25) is 5.02 Å². The van der Waals surface area contributed by atoms with Gasteiger partial charge in [0, 0.05) is 17.1 Å². The van der Waals surface area contributed by atoms with E-state index in [-0.39, 0.29) is 0 Å². The highest BCUT2D eigenvalue weighted by molar-refractivity contribution is 6.35. The maximum absolute atomic E-state index is 6.27. The van der Waals surface area contributed by atoms with E-state index in [0.29, 0.717) is 5.41 Å². The fourth-order valence-corrected chi connectivity index (χ4v) is 2.67. The molecule has 0 saturated heterocycles. The van der Waals surface area contributed by atoms with E-state index in [2.05, 4.69) is 38.0 Å². The second-order valence-electron chi connectivity index (χ2n) is 6.24. The molecule has 0 bridgehead atoms. The number of H-pyrrole nitrogens is 1. The van der Waals surface area contributed by atoms with Crippen LogP contribution in [0.4, 0.5) is 0 Å². The molecule has 2 aromatic rings. The summed E-state index contributed by atoms with van der Waals surface area (Å²) >= 11 is 6.27. The van der Waals surface area contributed by atoms with Crippen molar-refractivity contribution in [2.75, 3.05) is 0 Å². The van der Waals surface area contributed by atoms with Crippen molar-refractivity contribution < 1.29 is 0 Å². The summed E-state index contributed by atoms with van der Waals surface area (Å²) in [6.07, 6.45) is 7.01. The highest BCUT2D eigenvalue weighted by Gasteiger charge is 2.10. The minimum atomic E-state index is 0.442. The second-order valence-corrected chi connectivity index (χ2v) is 6.65. The van der Waals surface area contributed by atoms with Crippen LogP contribution in [0, 0.1) is 5.41 Å². The van der Waals surface area contributed by atoms with Crippen molar-refractivity contribution in [2.24, 2.45) is 5.41 Å². The molecule has 2 rings (SSSR count). The number of aromatic amines is 1. The van der Waals surface area contributed by atoms with Crippen molar-refractivity contribution in [3.8, 4) is 0 Å². The standard InChI is InChI=1S/C16H22ClN/c1-16(2,3)10-5-4-7-12-11-18-14-9-6-8-13(17)15(12)14/h6,8-9,11,18H,4-5,7,10H2,1-3H3. The number of aromatic nitrogens is 1. The fourth-order valence-electron chi connectivity index (χ4n) is 2.38. The number of benzene rings is 1. The second kappa shape index (κ2) is 5.36. The Morgan fingerprint density at radius 3 is 2.67 bits per heavy atom. The summed E-state index contributed by atoms with van der Waals surface area (Å²) in [6, 6.07) is 6.04. The minimum Gasteiger partial charge on any atom is -0.361 e. The van der Waals surface area contributed by atoms with Crippen LogP contribution in [-0.4, -0.2) is 4.98 Å². The van der Waals surface area contributed by atoms with Crippen molar-refractivity contribution >= 4 is 22.5 Å². The molecule has 0 radical (unpaired) electrons. The summed E-state index contributed by atoms with van der Waals surface area (Å²) in [5.74, 6) is 0. The predicted molar refractivity (Wildman–Crippen MR) is 80.3 cm³/mol. The number of hydrogen-bond donors (Lipinski definition) is 1.